The van der Waals surface area contributed by atoms with Crippen LogP contribution in [0, 0.1) is 0 Å². The van der Waals surface area contributed by atoms with Crippen molar-refractivity contribution in [2.75, 3.05) is 5.01 Å². The molecule has 13 heteroatoms. The summed E-state index contributed by atoms with van der Waals surface area (Å²) in [7, 11) is -4.01. The van der Waals surface area contributed by atoms with Crippen LogP contribution in [0.4, 0.5) is 18.9 Å². The van der Waals surface area contributed by atoms with Crippen molar-refractivity contribution in [1.82, 2.24) is 10.1 Å². The Morgan fingerprint density at radius 3 is 2.39 bits per heavy atom. The second-order valence-electron chi connectivity index (χ2n) is 7.58. The van der Waals surface area contributed by atoms with Gasteiger partial charge < -0.3 is 4.42 Å². The van der Waals surface area contributed by atoms with Crippen molar-refractivity contribution in [3.8, 4) is 11.3 Å². The molecule has 2 aromatic carbocycles. The third kappa shape index (κ3) is 5.00. The minimum absolute atomic E-state index is 0.101. The molecule has 3 aromatic rings. The van der Waals surface area contributed by atoms with E-state index in [1.54, 1.807) is 0 Å². The van der Waals surface area contributed by atoms with Crippen molar-refractivity contribution in [1.29, 1.82) is 0 Å². The lowest BCUT2D eigenvalue weighted by molar-refractivity contribution is -0.137. The van der Waals surface area contributed by atoms with Crippen molar-refractivity contribution in [3.05, 3.63) is 77.6 Å². The van der Waals surface area contributed by atoms with E-state index >= 15 is 0 Å². The van der Waals surface area contributed by atoms with Crippen molar-refractivity contribution in [2.45, 2.75) is 18.0 Å². The molecule has 2 heterocycles. The predicted molar refractivity (Wildman–Crippen MR) is 120 cm³/mol. The Balaban J connectivity index is 1.56. The summed E-state index contributed by atoms with van der Waals surface area (Å²) in [6, 6.07) is 12.3. The van der Waals surface area contributed by atoms with E-state index in [1.807, 2.05) is 4.72 Å². The SMILES string of the molecule is CC(=O)NS(=O)(=O)c1ccc(-c2ccc(/C=C3/C(=O)NN(c4cccc(C(F)(F)F)c4)C3=O)o2)cc1. The summed E-state index contributed by atoms with van der Waals surface area (Å²) in [5.74, 6) is -2.05. The highest BCUT2D eigenvalue weighted by molar-refractivity contribution is 7.90. The largest absolute Gasteiger partial charge is 0.457 e. The highest BCUT2D eigenvalue weighted by Crippen LogP contribution is 2.32. The first-order valence-corrected chi connectivity index (χ1v) is 11.6. The fourth-order valence-corrected chi connectivity index (χ4v) is 4.33. The summed E-state index contributed by atoms with van der Waals surface area (Å²) in [6.07, 6.45) is -3.48. The van der Waals surface area contributed by atoms with E-state index in [2.05, 4.69) is 5.43 Å². The van der Waals surface area contributed by atoms with Crippen LogP contribution in [0.15, 0.2) is 75.5 Å². The predicted octanol–water partition coefficient (Wildman–Crippen LogP) is 3.25. The molecule has 0 bridgehead atoms. The van der Waals surface area contributed by atoms with Gasteiger partial charge in [0.25, 0.3) is 21.8 Å². The van der Waals surface area contributed by atoms with E-state index in [0.29, 0.717) is 10.6 Å². The summed E-state index contributed by atoms with van der Waals surface area (Å²) in [5.41, 5.74) is 1.19. The van der Waals surface area contributed by atoms with Gasteiger partial charge >= 0.3 is 6.18 Å². The Morgan fingerprint density at radius 1 is 1.06 bits per heavy atom. The number of halogens is 3. The first-order chi connectivity index (χ1) is 16.8. The number of benzene rings is 2. The number of hydrogen-bond acceptors (Lipinski definition) is 6. The lowest BCUT2D eigenvalue weighted by Crippen LogP contribution is -2.35. The van der Waals surface area contributed by atoms with Crippen LogP contribution in [0.5, 0.6) is 0 Å². The molecule has 1 aliphatic heterocycles. The van der Waals surface area contributed by atoms with Crippen molar-refractivity contribution < 1.29 is 40.4 Å². The molecule has 4 rings (SSSR count). The van der Waals surface area contributed by atoms with Gasteiger partial charge in [-0.25, -0.2) is 18.1 Å². The zero-order valence-electron chi connectivity index (χ0n) is 18.3. The number of furan rings is 1. The quantitative estimate of drug-likeness (QED) is 0.394. The number of sulfonamides is 1. The van der Waals surface area contributed by atoms with Crippen LogP contribution in [0.1, 0.15) is 18.2 Å². The number of amides is 3. The molecule has 0 aliphatic carbocycles. The van der Waals surface area contributed by atoms with Gasteiger partial charge in [-0.05, 0) is 60.7 Å². The first-order valence-electron chi connectivity index (χ1n) is 10.1. The number of hydrazine groups is 1. The number of alkyl halides is 3. The third-order valence-corrected chi connectivity index (χ3v) is 6.41. The average molecular weight is 519 g/mol. The van der Waals surface area contributed by atoms with Gasteiger partial charge in [-0.15, -0.1) is 0 Å². The zero-order valence-corrected chi connectivity index (χ0v) is 19.1. The molecule has 3 amide bonds. The van der Waals surface area contributed by atoms with Crippen molar-refractivity contribution in [2.24, 2.45) is 0 Å². The molecule has 1 aromatic heterocycles. The first kappa shape index (κ1) is 24.7. The summed E-state index contributed by atoms with van der Waals surface area (Å²) in [4.78, 5) is 36.0. The summed E-state index contributed by atoms with van der Waals surface area (Å²) in [5, 5.41) is 0.710. The Bertz CT molecular complexity index is 1510. The van der Waals surface area contributed by atoms with E-state index in [0.717, 1.165) is 31.2 Å². The lowest BCUT2D eigenvalue weighted by atomic mass is 10.1. The number of anilines is 1. The maximum Gasteiger partial charge on any atom is 0.416 e. The monoisotopic (exact) mass is 519 g/mol. The molecule has 0 atom stereocenters. The summed E-state index contributed by atoms with van der Waals surface area (Å²) in [6.45, 7) is 1.07. The van der Waals surface area contributed by atoms with Crippen LogP contribution in [-0.4, -0.2) is 26.1 Å². The second-order valence-corrected chi connectivity index (χ2v) is 9.26. The fraction of sp³-hybridized carbons (Fsp3) is 0.0870. The van der Waals surface area contributed by atoms with Crippen LogP contribution in [0.3, 0.4) is 0 Å². The van der Waals surface area contributed by atoms with E-state index in [-0.39, 0.29) is 27.7 Å². The molecule has 9 nitrogen and oxygen atoms in total. The van der Waals surface area contributed by atoms with E-state index < -0.39 is 39.5 Å². The highest BCUT2D eigenvalue weighted by atomic mass is 32.2. The molecule has 0 saturated carbocycles. The lowest BCUT2D eigenvalue weighted by Gasteiger charge is -2.16. The number of nitrogens with zero attached hydrogens (tertiary/aromatic N) is 1. The maximum absolute atomic E-state index is 13.0. The normalized spacial score (nSPS) is 15.3. The number of hydrogen-bond donors (Lipinski definition) is 2. The number of carbonyl (C=O) groups is 3. The van der Waals surface area contributed by atoms with Crippen molar-refractivity contribution in [3.63, 3.8) is 0 Å². The van der Waals surface area contributed by atoms with Gasteiger partial charge in [-0.3, -0.25) is 19.8 Å². The Morgan fingerprint density at radius 2 is 1.75 bits per heavy atom. The fourth-order valence-electron chi connectivity index (χ4n) is 3.33. The van der Waals surface area contributed by atoms with Gasteiger partial charge in [0.1, 0.15) is 17.1 Å². The zero-order chi connectivity index (χ0) is 26.3. The van der Waals surface area contributed by atoms with Gasteiger partial charge in [0, 0.05) is 12.5 Å². The number of rotatable bonds is 5. The highest BCUT2D eigenvalue weighted by Gasteiger charge is 2.37. The van der Waals surface area contributed by atoms with Crippen LogP contribution >= 0.6 is 0 Å². The van der Waals surface area contributed by atoms with Crippen molar-refractivity contribution >= 4 is 39.5 Å². The van der Waals surface area contributed by atoms with Gasteiger partial charge in [-0.1, -0.05) is 6.07 Å². The van der Waals surface area contributed by atoms with E-state index in [9.17, 15) is 36.0 Å². The number of nitrogens with one attached hydrogen (secondary N) is 2. The van der Waals surface area contributed by atoms with Gasteiger partial charge in [0.15, 0.2) is 0 Å². The van der Waals surface area contributed by atoms with Gasteiger partial charge in [0.05, 0.1) is 16.1 Å². The molecule has 1 saturated heterocycles. The topological polar surface area (TPSA) is 126 Å². The summed E-state index contributed by atoms with van der Waals surface area (Å²) >= 11 is 0. The maximum atomic E-state index is 13.0. The van der Waals surface area contributed by atoms with Crippen LogP contribution in [0.2, 0.25) is 0 Å². The van der Waals surface area contributed by atoms with E-state index in [4.69, 9.17) is 4.42 Å². The standard InChI is InChI=1S/C23H16F3N3O6S/c1-13(30)28-36(33,34)18-8-5-14(6-9-18)20-10-7-17(35-20)12-19-21(31)27-29(22(19)32)16-4-2-3-15(11-16)23(24,25)26/h2-12H,1H3,(H,27,31)(H,28,30)/b19-12-. The molecule has 2 N–H and O–H groups in total. The second kappa shape index (κ2) is 9.00. The van der Waals surface area contributed by atoms with Crippen LogP contribution in [-0.2, 0) is 30.6 Å². The molecule has 36 heavy (non-hydrogen) atoms. The molecule has 0 unspecified atom stereocenters. The van der Waals surface area contributed by atoms with Gasteiger partial charge in [0.2, 0.25) is 5.91 Å². The Hall–Kier alpha value is -4.39. The van der Waals surface area contributed by atoms with E-state index in [1.165, 1.54) is 42.5 Å². The summed E-state index contributed by atoms with van der Waals surface area (Å²) < 4.78 is 70.6. The smallest absolute Gasteiger partial charge is 0.416 e. The molecule has 0 spiro atoms. The molecule has 0 radical (unpaired) electrons. The average Bonchev–Trinajstić information content (AvgIpc) is 3.38. The minimum Gasteiger partial charge on any atom is -0.457 e. The van der Waals surface area contributed by atoms with Crippen LogP contribution in [0.25, 0.3) is 17.4 Å². The van der Waals surface area contributed by atoms with Crippen LogP contribution < -0.4 is 15.2 Å². The molecule has 1 fully saturated rings. The third-order valence-electron chi connectivity index (χ3n) is 4.96. The number of carbonyl (C=O) groups excluding carboxylic acids is 3. The minimum atomic E-state index is -4.63. The molecule has 1 aliphatic rings. The molecular formula is C23H16F3N3O6S. The van der Waals surface area contributed by atoms with Gasteiger partial charge in [-0.2, -0.15) is 13.2 Å². The Labute approximate surface area is 202 Å². The molecule has 186 valence electrons. The Kier molecular flexibility index (Phi) is 6.18. The molecular weight excluding hydrogens is 503 g/mol.